The number of carbonyl (C=O) groups is 1. The molecule has 1 fully saturated rings. The number of piperidine rings is 1. The van der Waals surface area contributed by atoms with E-state index in [0.717, 1.165) is 31.5 Å². The highest BCUT2D eigenvalue weighted by molar-refractivity contribution is 5.97. The zero-order chi connectivity index (χ0) is 14.7. The Labute approximate surface area is 120 Å². The monoisotopic (exact) mass is 276 g/mol. The van der Waals surface area contributed by atoms with Gasteiger partial charge in [0.05, 0.1) is 5.56 Å². The van der Waals surface area contributed by atoms with Gasteiger partial charge in [-0.25, -0.2) is 0 Å². The van der Waals surface area contributed by atoms with E-state index in [9.17, 15) is 9.90 Å². The summed E-state index contributed by atoms with van der Waals surface area (Å²) in [4.78, 5) is 14.6. The Morgan fingerprint density at radius 2 is 2.00 bits per heavy atom. The van der Waals surface area contributed by atoms with E-state index in [-0.39, 0.29) is 17.7 Å². The van der Waals surface area contributed by atoms with Gasteiger partial charge in [0.2, 0.25) is 0 Å². The van der Waals surface area contributed by atoms with Crippen molar-refractivity contribution in [2.75, 3.05) is 13.1 Å². The van der Waals surface area contributed by atoms with Gasteiger partial charge < -0.3 is 15.3 Å². The quantitative estimate of drug-likeness (QED) is 0.890. The van der Waals surface area contributed by atoms with Crippen LogP contribution in [0, 0.1) is 6.92 Å². The maximum absolute atomic E-state index is 12.2. The molecule has 0 unspecified atom stereocenters. The number of nitrogens with zero attached hydrogens (tertiary/aromatic N) is 1. The highest BCUT2D eigenvalue weighted by Gasteiger charge is 2.23. The Kier molecular flexibility index (Phi) is 4.65. The van der Waals surface area contributed by atoms with Gasteiger partial charge in [0, 0.05) is 25.2 Å². The van der Waals surface area contributed by atoms with Gasteiger partial charge in [-0.2, -0.15) is 0 Å². The number of nitrogens with one attached hydrogen (secondary N) is 1. The van der Waals surface area contributed by atoms with Gasteiger partial charge in [-0.15, -0.1) is 0 Å². The van der Waals surface area contributed by atoms with Crippen molar-refractivity contribution in [2.45, 2.75) is 45.7 Å². The number of amides is 1. The first kappa shape index (κ1) is 14.9. The number of benzene rings is 1. The standard InChI is InChI=1S/C16H24N2O2/c1-11(2)18-9-7-13(8-10-18)17-16(20)14-6-4-5-12(3)15(14)19/h4-6,11,13,19H,7-10H2,1-3H3,(H,17,20). The molecule has 110 valence electrons. The fraction of sp³-hybridized carbons (Fsp3) is 0.562. The third kappa shape index (κ3) is 3.31. The smallest absolute Gasteiger partial charge is 0.255 e. The number of aryl methyl sites for hydroxylation is 1. The largest absolute Gasteiger partial charge is 0.507 e. The fourth-order valence-corrected chi connectivity index (χ4v) is 2.67. The molecule has 1 aliphatic heterocycles. The number of hydrogen-bond donors (Lipinski definition) is 2. The van der Waals surface area contributed by atoms with Crippen molar-refractivity contribution in [3.05, 3.63) is 29.3 Å². The van der Waals surface area contributed by atoms with Gasteiger partial charge in [-0.1, -0.05) is 12.1 Å². The average Bonchev–Trinajstić information content (AvgIpc) is 2.42. The van der Waals surface area contributed by atoms with Crippen molar-refractivity contribution < 1.29 is 9.90 Å². The number of hydrogen-bond acceptors (Lipinski definition) is 3. The molecule has 1 aromatic rings. The molecule has 1 saturated heterocycles. The molecule has 20 heavy (non-hydrogen) atoms. The van der Waals surface area contributed by atoms with Gasteiger partial charge in [-0.3, -0.25) is 4.79 Å². The minimum atomic E-state index is -0.172. The number of phenolic OH excluding ortho intramolecular Hbond substituents is 1. The molecule has 0 atom stereocenters. The zero-order valence-corrected chi connectivity index (χ0v) is 12.5. The molecular weight excluding hydrogens is 252 g/mol. The van der Waals surface area contributed by atoms with E-state index in [1.54, 1.807) is 25.1 Å². The number of para-hydroxylation sites is 1. The molecule has 4 nitrogen and oxygen atoms in total. The Morgan fingerprint density at radius 3 is 2.60 bits per heavy atom. The lowest BCUT2D eigenvalue weighted by atomic mass is 10.0. The number of phenols is 1. The summed E-state index contributed by atoms with van der Waals surface area (Å²) in [6, 6.07) is 6.03. The van der Waals surface area contributed by atoms with E-state index in [4.69, 9.17) is 0 Å². The number of likely N-dealkylation sites (tertiary alicyclic amines) is 1. The van der Waals surface area contributed by atoms with Crippen LogP contribution < -0.4 is 5.32 Å². The molecule has 1 aliphatic rings. The SMILES string of the molecule is Cc1cccc(C(=O)NC2CCN(C(C)C)CC2)c1O. The Hall–Kier alpha value is -1.55. The first-order valence-corrected chi connectivity index (χ1v) is 7.32. The van der Waals surface area contributed by atoms with Crippen LogP contribution in [0.2, 0.25) is 0 Å². The summed E-state index contributed by atoms with van der Waals surface area (Å²) >= 11 is 0. The van der Waals surface area contributed by atoms with Gasteiger partial charge in [-0.05, 0) is 45.2 Å². The van der Waals surface area contributed by atoms with E-state index in [1.807, 2.05) is 0 Å². The minimum absolute atomic E-state index is 0.0876. The van der Waals surface area contributed by atoms with Crippen LogP contribution in [-0.4, -0.2) is 41.1 Å². The van der Waals surface area contributed by atoms with Crippen LogP contribution in [0.5, 0.6) is 5.75 Å². The summed E-state index contributed by atoms with van der Waals surface area (Å²) in [5, 5.41) is 13.0. The van der Waals surface area contributed by atoms with Crippen molar-refractivity contribution in [2.24, 2.45) is 0 Å². The highest BCUT2D eigenvalue weighted by Crippen LogP contribution is 2.22. The fourth-order valence-electron chi connectivity index (χ4n) is 2.67. The molecule has 1 heterocycles. The van der Waals surface area contributed by atoms with E-state index >= 15 is 0 Å². The molecule has 1 amide bonds. The second kappa shape index (κ2) is 6.27. The lowest BCUT2D eigenvalue weighted by Gasteiger charge is -2.34. The lowest BCUT2D eigenvalue weighted by Crippen LogP contribution is -2.46. The number of rotatable bonds is 3. The van der Waals surface area contributed by atoms with Gasteiger partial charge in [0.1, 0.15) is 5.75 Å². The van der Waals surface area contributed by atoms with Gasteiger partial charge in [0.15, 0.2) is 0 Å². The average molecular weight is 276 g/mol. The van der Waals surface area contributed by atoms with Crippen molar-refractivity contribution in [3.8, 4) is 5.75 Å². The molecular formula is C16H24N2O2. The molecule has 0 bridgehead atoms. The molecule has 0 aromatic heterocycles. The number of carbonyl (C=O) groups excluding carboxylic acids is 1. The second-order valence-corrected chi connectivity index (χ2v) is 5.85. The Balaban J connectivity index is 1.94. The van der Waals surface area contributed by atoms with Crippen LogP contribution in [0.25, 0.3) is 0 Å². The summed E-state index contributed by atoms with van der Waals surface area (Å²) in [6.45, 7) is 8.23. The summed E-state index contributed by atoms with van der Waals surface area (Å²) in [5.74, 6) is -0.0844. The van der Waals surface area contributed by atoms with Crippen LogP contribution in [0.4, 0.5) is 0 Å². The van der Waals surface area contributed by atoms with Crippen molar-refractivity contribution in [3.63, 3.8) is 0 Å². The first-order valence-electron chi connectivity index (χ1n) is 7.32. The number of aromatic hydroxyl groups is 1. The van der Waals surface area contributed by atoms with Gasteiger partial charge >= 0.3 is 0 Å². The molecule has 2 rings (SSSR count). The molecule has 0 spiro atoms. The third-order valence-electron chi connectivity index (χ3n) is 4.08. The summed E-state index contributed by atoms with van der Waals surface area (Å²) in [6.07, 6.45) is 1.94. The maximum Gasteiger partial charge on any atom is 0.255 e. The molecule has 2 N–H and O–H groups in total. The zero-order valence-electron chi connectivity index (χ0n) is 12.5. The van der Waals surface area contributed by atoms with E-state index in [1.165, 1.54) is 0 Å². The lowest BCUT2D eigenvalue weighted by molar-refractivity contribution is 0.0898. The first-order chi connectivity index (χ1) is 9.49. The minimum Gasteiger partial charge on any atom is -0.507 e. The molecule has 0 radical (unpaired) electrons. The summed E-state index contributed by atoms with van der Waals surface area (Å²) in [5.41, 5.74) is 1.10. The summed E-state index contributed by atoms with van der Waals surface area (Å²) < 4.78 is 0. The van der Waals surface area contributed by atoms with Crippen molar-refractivity contribution >= 4 is 5.91 Å². The van der Waals surface area contributed by atoms with Crippen molar-refractivity contribution in [1.82, 2.24) is 10.2 Å². The topological polar surface area (TPSA) is 52.6 Å². The van der Waals surface area contributed by atoms with E-state index < -0.39 is 0 Å². The maximum atomic E-state index is 12.2. The van der Waals surface area contributed by atoms with E-state index in [0.29, 0.717) is 11.6 Å². The molecule has 1 aromatic carbocycles. The molecule has 4 heteroatoms. The Morgan fingerprint density at radius 1 is 1.35 bits per heavy atom. The normalized spacial score (nSPS) is 17.4. The van der Waals surface area contributed by atoms with Crippen LogP contribution in [0.1, 0.15) is 42.6 Å². The van der Waals surface area contributed by atoms with Gasteiger partial charge in [0.25, 0.3) is 5.91 Å². The van der Waals surface area contributed by atoms with Crippen LogP contribution in [0.15, 0.2) is 18.2 Å². The van der Waals surface area contributed by atoms with Crippen LogP contribution in [-0.2, 0) is 0 Å². The Bertz CT molecular complexity index is 477. The predicted octanol–water partition coefficient (Wildman–Crippen LogP) is 2.30. The third-order valence-corrected chi connectivity index (χ3v) is 4.08. The van der Waals surface area contributed by atoms with Crippen LogP contribution in [0.3, 0.4) is 0 Å². The van der Waals surface area contributed by atoms with Crippen molar-refractivity contribution in [1.29, 1.82) is 0 Å². The highest BCUT2D eigenvalue weighted by atomic mass is 16.3. The van der Waals surface area contributed by atoms with Crippen LogP contribution >= 0.6 is 0 Å². The molecule has 0 saturated carbocycles. The van der Waals surface area contributed by atoms with E-state index in [2.05, 4.69) is 24.1 Å². The predicted molar refractivity (Wildman–Crippen MR) is 80.0 cm³/mol. The summed E-state index contributed by atoms with van der Waals surface area (Å²) in [7, 11) is 0. The second-order valence-electron chi connectivity index (χ2n) is 5.85. The molecule has 0 aliphatic carbocycles.